The molecular weight excluding hydrogens is 258 g/mol. The molecule has 3 N–H and O–H groups in total. The monoisotopic (exact) mass is 276 g/mol. The van der Waals surface area contributed by atoms with Crippen molar-refractivity contribution in [3.05, 3.63) is 11.4 Å². The Hall–Kier alpha value is -1.70. The van der Waals surface area contributed by atoms with Crippen LogP contribution in [0.4, 0.5) is 14.5 Å². The van der Waals surface area contributed by atoms with Gasteiger partial charge in [0.15, 0.2) is 0 Å². The van der Waals surface area contributed by atoms with Crippen LogP contribution in [0.5, 0.6) is 0 Å². The van der Waals surface area contributed by atoms with Gasteiger partial charge in [0.1, 0.15) is 12.3 Å². The third-order valence-electron chi connectivity index (χ3n) is 2.49. The van der Waals surface area contributed by atoms with Gasteiger partial charge in [-0.3, -0.25) is 9.48 Å². The van der Waals surface area contributed by atoms with Gasteiger partial charge in [0, 0.05) is 13.6 Å². The second kappa shape index (κ2) is 7.03. The fourth-order valence-corrected chi connectivity index (χ4v) is 1.62. The maximum absolute atomic E-state index is 11.9. The van der Waals surface area contributed by atoms with Crippen LogP contribution in [0.15, 0.2) is 0 Å². The smallest absolute Gasteiger partial charge is 0.271 e. The maximum Gasteiger partial charge on any atom is 0.271 e. The van der Waals surface area contributed by atoms with Crippen molar-refractivity contribution in [3.8, 4) is 0 Å². The molecule has 0 radical (unpaired) electrons. The summed E-state index contributed by atoms with van der Waals surface area (Å²) in [6.45, 7) is 1.41. The lowest BCUT2D eigenvalue weighted by Gasteiger charge is -2.07. The normalized spacial score (nSPS) is 11.0. The average Bonchev–Trinajstić information content (AvgIpc) is 2.63. The SMILES string of the molecule is CCc1nn(C)c(C(=O)NCCOCC(F)F)c1N. The number of aryl methyl sites for hydroxylation is 2. The molecule has 1 aromatic rings. The first-order valence-corrected chi connectivity index (χ1v) is 5.92. The van der Waals surface area contributed by atoms with Crippen LogP contribution in [-0.2, 0) is 18.2 Å². The Morgan fingerprint density at radius 2 is 2.26 bits per heavy atom. The highest BCUT2D eigenvalue weighted by Crippen LogP contribution is 2.16. The second-order valence-electron chi connectivity index (χ2n) is 3.91. The Morgan fingerprint density at radius 1 is 1.58 bits per heavy atom. The van der Waals surface area contributed by atoms with Crippen molar-refractivity contribution >= 4 is 11.6 Å². The molecule has 0 saturated carbocycles. The molecule has 0 unspecified atom stereocenters. The number of nitrogens with two attached hydrogens (primary N) is 1. The summed E-state index contributed by atoms with van der Waals surface area (Å²) in [7, 11) is 1.62. The van der Waals surface area contributed by atoms with Gasteiger partial charge in [0.05, 0.1) is 18.0 Å². The lowest BCUT2D eigenvalue weighted by molar-refractivity contribution is 0.0188. The van der Waals surface area contributed by atoms with E-state index in [2.05, 4.69) is 15.2 Å². The molecule has 0 bridgehead atoms. The van der Waals surface area contributed by atoms with E-state index >= 15 is 0 Å². The van der Waals surface area contributed by atoms with Crippen molar-refractivity contribution in [2.24, 2.45) is 7.05 Å². The van der Waals surface area contributed by atoms with E-state index in [0.29, 0.717) is 17.8 Å². The molecule has 0 aromatic carbocycles. The number of ether oxygens (including phenoxy) is 1. The lowest BCUT2D eigenvalue weighted by atomic mass is 10.2. The third kappa shape index (κ3) is 4.16. The molecule has 0 aliphatic rings. The Balaban J connectivity index is 2.48. The first kappa shape index (κ1) is 15.4. The highest BCUT2D eigenvalue weighted by Gasteiger charge is 2.18. The van der Waals surface area contributed by atoms with Crippen LogP contribution in [0.3, 0.4) is 0 Å². The molecule has 1 aromatic heterocycles. The topological polar surface area (TPSA) is 82.2 Å². The largest absolute Gasteiger partial charge is 0.395 e. The molecule has 0 aliphatic heterocycles. The minimum Gasteiger partial charge on any atom is -0.395 e. The molecule has 8 heteroatoms. The first-order chi connectivity index (χ1) is 8.97. The summed E-state index contributed by atoms with van der Waals surface area (Å²) >= 11 is 0. The maximum atomic E-state index is 11.9. The number of rotatable bonds is 7. The molecule has 108 valence electrons. The minimum absolute atomic E-state index is 0.0223. The fraction of sp³-hybridized carbons (Fsp3) is 0.636. The van der Waals surface area contributed by atoms with Crippen molar-refractivity contribution < 1.29 is 18.3 Å². The van der Waals surface area contributed by atoms with Crippen molar-refractivity contribution in [3.63, 3.8) is 0 Å². The molecular formula is C11H18F2N4O2. The van der Waals surface area contributed by atoms with Crippen LogP contribution in [-0.4, -0.2) is 41.9 Å². The summed E-state index contributed by atoms with van der Waals surface area (Å²) in [5, 5.41) is 6.66. The summed E-state index contributed by atoms with van der Waals surface area (Å²) in [6.07, 6.45) is -1.87. The summed E-state index contributed by atoms with van der Waals surface area (Å²) in [5.74, 6) is -0.396. The zero-order valence-electron chi connectivity index (χ0n) is 10.9. The Kier molecular flexibility index (Phi) is 5.68. The summed E-state index contributed by atoms with van der Waals surface area (Å²) in [5.41, 5.74) is 7.08. The number of amides is 1. The van der Waals surface area contributed by atoms with E-state index in [1.165, 1.54) is 4.68 Å². The molecule has 6 nitrogen and oxygen atoms in total. The molecule has 1 rings (SSSR count). The van der Waals surface area contributed by atoms with E-state index in [4.69, 9.17) is 5.73 Å². The average molecular weight is 276 g/mol. The van der Waals surface area contributed by atoms with Crippen LogP contribution in [0, 0.1) is 0 Å². The van der Waals surface area contributed by atoms with E-state index in [1.807, 2.05) is 6.92 Å². The number of carbonyl (C=O) groups is 1. The number of carbonyl (C=O) groups excluding carboxylic acids is 1. The van der Waals surface area contributed by atoms with Crippen LogP contribution in [0.2, 0.25) is 0 Å². The zero-order chi connectivity index (χ0) is 14.4. The van der Waals surface area contributed by atoms with E-state index in [0.717, 1.165) is 0 Å². The molecule has 0 atom stereocenters. The lowest BCUT2D eigenvalue weighted by Crippen LogP contribution is -2.30. The van der Waals surface area contributed by atoms with Gasteiger partial charge in [-0.05, 0) is 6.42 Å². The van der Waals surface area contributed by atoms with Gasteiger partial charge in [-0.2, -0.15) is 5.10 Å². The molecule has 0 aliphatic carbocycles. The number of nitrogen functional groups attached to an aromatic ring is 1. The van der Waals surface area contributed by atoms with Crippen LogP contribution in [0.1, 0.15) is 23.1 Å². The Bertz CT molecular complexity index is 435. The van der Waals surface area contributed by atoms with Gasteiger partial charge < -0.3 is 15.8 Å². The molecule has 1 amide bonds. The number of alkyl halides is 2. The number of nitrogens with one attached hydrogen (secondary N) is 1. The van der Waals surface area contributed by atoms with Crippen molar-refractivity contribution in [1.82, 2.24) is 15.1 Å². The highest BCUT2D eigenvalue weighted by atomic mass is 19.3. The van der Waals surface area contributed by atoms with Crippen molar-refractivity contribution in [1.29, 1.82) is 0 Å². The predicted octanol–water partition coefficient (Wildman–Crippen LogP) is 0.576. The van der Waals surface area contributed by atoms with E-state index in [1.54, 1.807) is 7.05 Å². The molecule has 0 spiro atoms. The number of hydrogen-bond donors (Lipinski definition) is 2. The van der Waals surface area contributed by atoms with E-state index in [9.17, 15) is 13.6 Å². The summed E-state index contributed by atoms with van der Waals surface area (Å²) in [6, 6.07) is 0. The molecule has 19 heavy (non-hydrogen) atoms. The van der Waals surface area contributed by atoms with Gasteiger partial charge in [0.2, 0.25) is 0 Å². The fourth-order valence-electron chi connectivity index (χ4n) is 1.62. The van der Waals surface area contributed by atoms with Crippen LogP contribution >= 0.6 is 0 Å². The summed E-state index contributed by atoms with van der Waals surface area (Å²) < 4.78 is 29.6. The van der Waals surface area contributed by atoms with Gasteiger partial charge in [-0.1, -0.05) is 6.92 Å². The Morgan fingerprint density at radius 3 is 2.79 bits per heavy atom. The van der Waals surface area contributed by atoms with E-state index in [-0.39, 0.29) is 18.8 Å². The minimum atomic E-state index is -2.50. The molecule has 1 heterocycles. The van der Waals surface area contributed by atoms with Gasteiger partial charge >= 0.3 is 0 Å². The van der Waals surface area contributed by atoms with Gasteiger partial charge in [-0.15, -0.1) is 0 Å². The van der Waals surface area contributed by atoms with E-state index < -0.39 is 18.9 Å². The number of nitrogens with zero attached hydrogens (tertiary/aromatic N) is 2. The van der Waals surface area contributed by atoms with Crippen LogP contribution < -0.4 is 11.1 Å². The molecule has 0 saturated heterocycles. The van der Waals surface area contributed by atoms with Crippen molar-refractivity contribution in [2.45, 2.75) is 19.8 Å². The second-order valence-corrected chi connectivity index (χ2v) is 3.91. The standard InChI is InChI=1S/C11H18F2N4O2/c1-3-7-9(14)10(17(2)16-7)11(18)15-4-5-19-6-8(12)13/h8H,3-6,14H2,1-2H3,(H,15,18). The predicted molar refractivity (Wildman–Crippen MR) is 66.2 cm³/mol. The number of aromatic nitrogens is 2. The Labute approximate surface area is 109 Å². The quantitative estimate of drug-likeness (QED) is 0.714. The highest BCUT2D eigenvalue weighted by molar-refractivity contribution is 5.97. The number of halogens is 2. The third-order valence-corrected chi connectivity index (χ3v) is 2.49. The first-order valence-electron chi connectivity index (χ1n) is 5.92. The van der Waals surface area contributed by atoms with Crippen molar-refractivity contribution in [2.75, 3.05) is 25.5 Å². The number of hydrogen-bond acceptors (Lipinski definition) is 4. The van der Waals surface area contributed by atoms with Gasteiger partial charge in [0.25, 0.3) is 12.3 Å². The summed E-state index contributed by atoms with van der Waals surface area (Å²) in [4.78, 5) is 11.9. The molecule has 0 fully saturated rings. The van der Waals surface area contributed by atoms with Crippen LogP contribution in [0.25, 0.3) is 0 Å². The van der Waals surface area contributed by atoms with Gasteiger partial charge in [-0.25, -0.2) is 8.78 Å². The number of anilines is 1. The zero-order valence-corrected chi connectivity index (χ0v) is 10.9.